The molecule has 84 valence electrons. The highest BCUT2D eigenvalue weighted by Gasteiger charge is 2.32. The highest BCUT2D eigenvalue weighted by atomic mass is 15.2. The quantitative estimate of drug-likeness (QED) is 0.654. The number of rotatable bonds is 2. The molecule has 1 aliphatic heterocycles. The number of nitrogens with zero attached hydrogens (tertiary/aromatic N) is 1. The SMILES string of the molecule is CC(C)CN1CCCCC1C(C)(C)C. The third kappa shape index (κ3) is 3.27. The van der Waals surface area contributed by atoms with Crippen LogP contribution in [0, 0.1) is 11.3 Å². The summed E-state index contributed by atoms with van der Waals surface area (Å²) in [6.45, 7) is 14.4. The molecule has 0 saturated carbocycles. The molecule has 1 atom stereocenters. The molecule has 0 radical (unpaired) electrons. The van der Waals surface area contributed by atoms with E-state index >= 15 is 0 Å². The van der Waals surface area contributed by atoms with Crippen molar-refractivity contribution in [2.45, 2.75) is 59.9 Å². The standard InChI is InChI=1S/C13H27N/c1-11(2)10-14-9-7-6-8-12(14)13(3,4)5/h11-12H,6-10H2,1-5H3. The molecule has 0 amide bonds. The molecule has 1 heterocycles. The molecule has 0 aromatic carbocycles. The minimum absolute atomic E-state index is 0.454. The van der Waals surface area contributed by atoms with E-state index < -0.39 is 0 Å². The van der Waals surface area contributed by atoms with E-state index in [1.165, 1.54) is 32.4 Å². The number of piperidine rings is 1. The van der Waals surface area contributed by atoms with Crippen molar-refractivity contribution in [1.29, 1.82) is 0 Å². The largest absolute Gasteiger partial charge is 0.300 e. The van der Waals surface area contributed by atoms with Gasteiger partial charge in [-0.2, -0.15) is 0 Å². The molecule has 0 spiro atoms. The van der Waals surface area contributed by atoms with E-state index in [0.717, 1.165) is 12.0 Å². The number of hydrogen-bond donors (Lipinski definition) is 0. The summed E-state index contributed by atoms with van der Waals surface area (Å²) in [5, 5.41) is 0. The van der Waals surface area contributed by atoms with Gasteiger partial charge in [0.05, 0.1) is 0 Å². The van der Waals surface area contributed by atoms with Crippen LogP contribution in [0.3, 0.4) is 0 Å². The van der Waals surface area contributed by atoms with Crippen LogP contribution in [-0.2, 0) is 0 Å². The summed E-state index contributed by atoms with van der Waals surface area (Å²) in [5.74, 6) is 0.804. The molecule has 0 bridgehead atoms. The first-order chi connectivity index (χ1) is 6.41. The van der Waals surface area contributed by atoms with E-state index in [4.69, 9.17) is 0 Å². The monoisotopic (exact) mass is 197 g/mol. The minimum atomic E-state index is 0.454. The molecule has 1 heteroatoms. The van der Waals surface area contributed by atoms with Crippen molar-refractivity contribution in [3.05, 3.63) is 0 Å². The van der Waals surface area contributed by atoms with Gasteiger partial charge in [-0.25, -0.2) is 0 Å². The zero-order valence-corrected chi connectivity index (χ0v) is 10.6. The molecular formula is C13H27N. The van der Waals surface area contributed by atoms with E-state index in [-0.39, 0.29) is 0 Å². The predicted octanol–water partition coefficient (Wildman–Crippen LogP) is 3.54. The first-order valence-corrected chi connectivity index (χ1v) is 6.15. The lowest BCUT2D eigenvalue weighted by Gasteiger charge is -2.44. The van der Waals surface area contributed by atoms with Gasteiger partial charge in [-0.1, -0.05) is 41.0 Å². The zero-order chi connectivity index (χ0) is 10.8. The van der Waals surface area contributed by atoms with Gasteiger partial charge in [-0.15, -0.1) is 0 Å². The molecule has 0 aromatic heterocycles. The Morgan fingerprint density at radius 2 is 1.86 bits per heavy atom. The van der Waals surface area contributed by atoms with Crippen LogP contribution in [0.25, 0.3) is 0 Å². The fraction of sp³-hybridized carbons (Fsp3) is 1.00. The summed E-state index contributed by atoms with van der Waals surface area (Å²) in [6.07, 6.45) is 4.23. The molecule has 1 saturated heterocycles. The van der Waals surface area contributed by atoms with Crippen LogP contribution in [0.2, 0.25) is 0 Å². The molecular weight excluding hydrogens is 170 g/mol. The highest BCUT2D eigenvalue weighted by Crippen LogP contribution is 2.32. The third-order valence-electron chi connectivity index (χ3n) is 3.21. The van der Waals surface area contributed by atoms with Crippen LogP contribution in [0.4, 0.5) is 0 Å². The summed E-state index contributed by atoms with van der Waals surface area (Å²) < 4.78 is 0. The second kappa shape index (κ2) is 4.65. The van der Waals surface area contributed by atoms with Gasteiger partial charge in [0.25, 0.3) is 0 Å². The van der Waals surface area contributed by atoms with Crippen LogP contribution in [-0.4, -0.2) is 24.0 Å². The Morgan fingerprint density at radius 1 is 1.21 bits per heavy atom. The maximum absolute atomic E-state index is 2.72. The van der Waals surface area contributed by atoms with Gasteiger partial charge >= 0.3 is 0 Å². The summed E-state index contributed by atoms with van der Waals surface area (Å²) in [5.41, 5.74) is 0.454. The van der Waals surface area contributed by atoms with Gasteiger partial charge in [0, 0.05) is 12.6 Å². The van der Waals surface area contributed by atoms with E-state index in [0.29, 0.717) is 5.41 Å². The normalized spacial score (nSPS) is 25.7. The Balaban J connectivity index is 2.59. The van der Waals surface area contributed by atoms with Crippen molar-refractivity contribution in [2.75, 3.05) is 13.1 Å². The van der Waals surface area contributed by atoms with Crippen molar-refractivity contribution < 1.29 is 0 Å². The average molecular weight is 197 g/mol. The van der Waals surface area contributed by atoms with Crippen molar-refractivity contribution in [3.8, 4) is 0 Å². The maximum Gasteiger partial charge on any atom is 0.0144 e. The second-order valence-electron chi connectivity index (χ2n) is 6.27. The van der Waals surface area contributed by atoms with Crippen LogP contribution in [0.15, 0.2) is 0 Å². The van der Waals surface area contributed by atoms with E-state index in [9.17, 15) is 0 Å². The zero-order valence-electron chi connectivity index (χ0n) is 10.6. The van der Waals surface area contributed by atoms with Crippen LogP contribution >= 0.6 is 0 Å². The van der Waals surface area contributed by atoms with E-state index in [2.05, 4.69) is 39.5 Å². The fourth-order valence-electron chi connectivity index (χ4n) is 2.66. The number of likely N-dealkylation sites (tertiary alicyclic amines) is 1. The first-order valence-electron chi connectivity index (χ1n) is 6.15. The smallest absolute Gasteiger partial charge is 0.0144 e. The highest BCUT2D eigenvalue weighted by molar-refractivity contribution is 4.86. The Labute approximate surface area is 89.9 Å². The van der Waals surface area contributed by atoms with Gasteiger partial charge in [0.15, 0.2) is 0 Å². The first kappa shape index (κ1) is 12.0. The van der Waals surface area contributed by atoms with Crippen molar-refractivity contribution in [2.24, 2.45) is 11.3 Å². The summed E-state index contributed by atoms with van der Waals surface area (Å²) in [7, 11) is 0. The molecule has 0 aromatic rings. The third-order valence-corrected chi connectivity index (χ3v) is 3.21. The Bertz CT molecular complexity index is 167. The Kier molecular flexibility index (Phi) is 4.00. The fourth-order valence-corrected chi connectivity index (χ4v) is 2.66. The van der Waals surface area contributed by atoms with Crippen molar-refractivity contribution in [1.82, 2.24) is 4.90 Å². The molecule has 1 nitrogen and oxygen atoms in total. The van der Waals surface area contributed by atoms with Crippen LogP contribution in [0.5, 0.6) is 0 Å². The minimum Gasteiger partial charge on any atom is -0.300 e. The lowest BCUT2D eigenvalue weighted by Crippen LogP contribution is -2.48. The molecule has 0 N–H and O–H groups in total. The van der Waals surface area contributed by atoms with Crippen LogP contribution < -0.4 is 0 Å². The van der Waals surface area contributed by atoms with Crippen molar-refractivity contribution >= 4 is 0 Å². The van der Waals surface area contributed by atoms with Gasteiger partial charge in [0.1, 0.15) is 0 Å². The van der Waals surface area contributed by atoms with Gasteiger partial charge in [0.2, 0.25) is 0 Å². The maximum atomic E-state index is 2.72. The van der Waals surface area contributed by atoms with Crippen molar-refractivity contribution in [3.63, 3.8) is 0 Å². The second-order valence-corrected chi connectivity index (χ2v) is 6.27. The topological polar surface area (TPSA) is 3.24 Å². The molecule has 1 rings (SSSR count). The molecule has 0 aliphatic carbocycles. The Morgan fingerprint density at radius 3 is 2.36 bits per heavy atom. The molecule has 1 unspecified atom stereocenters. The van der Waals surface area contributed by atoms with Crippen LogP contribution in [0.1, 0.15) is 53.9 Å². The summed E-state index contributed by atoms with van der Waals surface area (Å²) in [4.78, 5) is 2.72. The lowest BCUT2D eigenvalue weighted by atomic mass is 9.80. The average Bonchev–Trinajstić information content (AvgIpc) is 2.01. The Hall–Kier alpha value is -0.0400. The predicted molar refractivity (Wildman–Crippen MR) is 63.5 cm³/mol. The molecule has 14 heavy (non-hydrogen) atoms. The lowest BCUT2D eigenvalue weighted by molar-refractivity contribution is 0.0544. The van der Waals surface area contributed by atoms with E-state index in [1.54, 1.807) is 0 Å². The summed E-state index contributed by atoms with van der Waals surface area (Å²) in [6, 6.07) is 0.804. The number of hydrogen-bond acceptors (Lipinski definition) is 1. The van der Waals surface area contributed by atoms with Gasteiger partial charge in [-0.05, 0) is 30.7 Å². The molecule has 1 fully saturated rings. The summed E-state index contributed by atoms with van der Waals surface area (Å²) >= 11 is 0. The molecule has 1 aliphatic rings. The van der Waals surface area contributed by atoms with Gasteiger partial charge in [-0.3, -0.25) is 4.90 Å². The van der Waals surface area contributed by atoms with E-state index in [1.807, 2.05) is 0 Å². The van der Waals surface area contributed by atoms with Gasteiger partial charge < -0.3 is 0 Å².